The van der Waals surface area contributed by atoms with E-state index in [1.54, 1.807) is 7.11 Å². The molecule has 162 valence electrons. The summed E-state index contributed by atoms with van der Waals surface area (Å²) in [6.07, 6.45) is 1.92. The molecule has 1 amide bonds. The van der Waals surface area contributed by atoms with Crippen LogP contribution in [0.25, 0.3) is 0 Å². The Morgan fingerprint density at radius 1 is 1.03 bits per heavy atom. The second-order valence-electron chi connectivity index (χ2n) is 7.67. The van der Waals surface area contributed by atoms with Gasteiger partial charge in [0.05, 0.1) is 33.0 Å². The van der Waals surface area contributed by atoms with Crippen LogP contribution >= 0.6 is 0 Å². The van der Waals surface area contributed by atoms with E-state index in [2.05, 4.69) is 19.2 Å². The van der Waals surface area contributed by atoms with Crippen molar-refractivity contribution in [3.63, 3.8) is 0 Å². The molecular weight excluding hydrogens is 382 g/mol. The molecule has 0 aromatic heterocycles. The minimum Gasteiger partial charge on any atom is -0.497 e. The van der Waals surface area contributed by atoms with Crippen LogP contribution in [0.1, 0.15) is 44.7 Å². The third-order valence-corrected chi connectivity index (χ3v) is 4.99. The molecule has 1 N–H and O–H groups in total. The SMILES string of the molecule is COc1ccc(OCCCC(=O)NC(c2ccc3c(c2)OCCCO3)C(C)C)cc1. The van der Waals surface area contributed by atoms with Gasteiger partial charge in [-0.1, -0.05) is 19.9 Å². The highest BCUT2D eigenvalue weighted by Gasteiger charge is 2.21. The third-order valence-electron chi connectivity index (χ3n) is 4.99. The number of hydrogen-bond donors (Lipinski definition) is 1. The monoisotopic (exact) mass is 413 g/mol. The van der Waals surface area contributed by atoms with Gasteiger partial charge >= 0.3 is 0 Å². The number of rotatable bonds is 9. The molecule has 3 rings (SSSR count). The molecule has 0 bridgehead atoms. The molecule has 0 aliphatic carbocycles. The molecule has 1 aliphatic heterocycles. The minimum atomic E-state index is -0.0860. The summed E-state index contributed by atoms with van der Waals surface area (Å²) in [4.78, 5) is 12.5. The number of fused-ring (bicyclic) bond motifs is 1. The van der Waals surface area contributed by atoms with Crippen LogP contribution in [0, 0.1) is 5.92 Å². The van der Waals surface area contributed by atoms with Crippen LogP contribution in [0.5, 0.6) is 23.0 Å². The van der Waals surface area contributed by atoms with Crippen LogP contribution in [0.15, 0.2) is 42.5 Å². The van der Waals surface area contributed by atoms with Crippen LogP contribution in [-0.4, -0.2) is 32.8 Å². The molecule has 0 radical (unpaired) electrons. The van der Waals surface area contributed by atoms with Gasteiger partial charge in [-0.2, -0.15) is 0 Å². The molecule has 2 aromatic carbocycles. The smallest absolute Gasteiger partial charge is 0.220 e. The predicted molar refractivity (Wildman–Crippen MR) is 115 cm³/mol. The van der Waals surface area contributed by atoms with Crippen molar-refractivity contribution in [1.29, 1.82) is 0 Å². The molecule has 1 atom stereocenters. The number of methoxy groups -OCH3 is 1. The summed E-state index contributed by atoms with van der Waals surface area (Å²) >= 11 is 0. The fourth-order valence-corrected chi connectivity index (χ4v) is 3.35. The molecule has 0 saturated carbocycles. The van der Waals surface area contributed by atoms with E-state index >= 15 is 0 Å². The lowest BCUT2D eigenvalue weighted by Gasteiger charge is -2.24. The van der Waals surface area contributed by atoms with Gasteiger partial charge in [0.2, 0.25) is 5.91 Å². The molecule has 0 fully saturated rings. The first kappa shape index (κ1) is 21.8. The summed E-state index contributed by atoms with van der Waals surface area (Å²) in [5.74, 6) is 3.33. The molecule has 0 saturated heterocycles. The zero-order chi connectivity index (χ0) is 21.3. The second kappa shape index (κ2) is 10.8. The molecule has 1 aliphatic rings. The lowest BCUT2D eigenvalue weighted by atomic mass is 9.95. The summed E-state index contributed by atoms with van der Waals surface area (Å²) in [5, 5.41) is 3.16. The Morgan fingerprint density at radius 3 is 2.43 bits per heavy atom. The highest BCUT2D eigenvalue weighted by atomic mass is 16.5. The molecule has 0 spiro atoms. The van der Waals surface area contributed by atoms with Crippen LogP contribution < -0.4 is 24.3 Å². The van der Waals surface area contributed by atoms with E-state index in [1.807, 2.05) is 42.5 Å². The van der Waals surface area contributed by atoms with E-state index < -0.39 is 0 Å². The van der Waals surface area contributed by atoms with Crippen molar-refractivity contribution in [2.75, 3.05) is 26.9 Å². The number of nitrogens with one attached hydrogen (secondary N) is 1. The summed E-state index contributed by atoms with van der Waals surface area (Å²) in [6.45, 7) is 5.98. The number of carbonyl (C=O) groups is 1. The van der Waals surface area contributed by atoms with Gasteiger partial charge in [0.1, 0.15) is 11.5 Å². The van der Waals surface area contributed by atoms with E-state index in [0.717, 1.165) is 35.0 Å². The summed E-state index contributed by atoms with van der Waals surface area (Å²) in [7, 11) is 1.63. The number of hydrogen-bond acceptors (Lipinski definition) is 5. The Kier molecular flexibility index (Phi) is 7.82. The van der Waals surface area contributed by atoms with Gasteiger partial charge in [-0.3, -0.25) is 4.79 Å². The maximum absolute atomic E-state index is 12.5. The summed E-state index contributed by atoms with van der Waals surface area (Å²) < 4.78 is 22.3. The van der Waals surface area contributed by atoms with Gasteiger partial charge in [0.25, 0.3) is 0 Å². The average molecular weight is 414 g/mol. The van der Waals surface area contributed by atoms with Crippen molar-refractivity contribution < 1.29 is 23.7 Å². The molecule has 1 heterocycles. The normalized spacial score (nSPS) is 14.0. The van der Waals surface area contributed by atoms with Crippen LogP contribution in [-0.2, 0) is 4.79 Å². The van der Waals surface area contributed by atoms with E-state index in [9.17, 15) is 4.79 Å². The number of ether oxygens (including phenoxy) is 4. The highest BCUT2D eigenvalue weighted by Crippen LogP contribution is 2.34. The van der Waals surface area contributed by atoms with E-state index in [0.29, 0.717) is 32.7 Å². The van der Waals surface area contributed by atoms with E-state index in [4.69, 9.17) is 18.9 Å². The number of amides is 1. The standard InChI is InChI=1S/C24H31NO5/c1-17(2)24(18-7-12-21-22(16-18)30-15-5-14-29-21)25-23(26)6-4-13-28-20-10-8-19(27-3)9-11-20/h7-12,16-17,24H,4-6,13-15H2,1-3H3,(H,25,26). The first-order valence-electron chi connectivity index (χ1n) is 10.5. The Hall–Kier alpha value is -2.89. The van der Waals surface area contributed by atoms with Crippen molar-refractivity contribution in [2.45, 2.75) is 39.2 Å². The Balaban J connectivity index is 1.51. The highest BCUT2D eigenvalue weighted by molar-refractivity contribution is 5.76. The fraction of sp³-hybridized carbons (Fsp3) is 0.458. The second-order valence-corrected chi connectivity index (χ2v) is 7.67. The molecule has 30 heavy (non-hydrogen) atoms. The van der Waals surface area contributed by atoms with Crippen LogP contribution in [0.4, 0.5) is 0 Å². The van der Waals surface area contributed by atoms with Gasteiger partial charge in [-0.25, -0.2) is 0 Å². The van der Waals surface area contributed by atoms with Gasteiger partial charge in [0.15, 0.2) is 11.5 Å². The summed E-state index contributed by atoms with van der Waals surface area (Å²) in [6, 6.07) is 13.3. The first-order chi connectivity index (χ1) is 14.6. The average Bonchev–Trinajstić information content (AvgIpc) is 3.00. The molecular formula is C24H31NO5. The van der Waals surface area contributed by atoms with Crippen molar-refractivity contribution in [2.24, 2.45) is 5.92 Å². The Labute approximate surface area is 178 Å². The number of carbonyl (C=O) groups excluding carboxylic acids is 1. The van der Waals surface area contributed by atoms with Crippen molar-refractivity contribution in [3.05, 3.63) is 48.0 Å². The van der Waals surface area contributed by atoms with Gasteiger partial charge in [-0.15, -0.1) is 0 Å². The quantitative estimate of drug-likeness (QED) is 0.612. The van der Waals surface area contributed by atoms with Gasteiger partial charge < -0.3 is 24.3 Å². The summed E-state index contributed by atoms with van der Waals surface area (Å²) in [5.41, 5.74) is 1.03. The fourth-order valence-electron chi connectivity index (χ4n) is 3.35. The maximum Gasteiger partial charge on any atom is 0.220 e. The van der Waals surface area contributed by atoms with Crippen molar-refractivity contribution in [3.8, 4) is 23.0 Å². The largest absolute Gasteiger partial charge is 0.497 e. The van der Waals surface area contributed by atoms with Crippen LogP contribution in [0.3, 0.4) is 0 Å². The van der Waals surface area contributed by atoms with E-state index in [-0.39, 0.29) is 17.9 Å². The van der Waals surface area contributed by atoms with Gasteiger partial charge in [-0.05, 0) is 54.3 Å². The molecule has 1 unspecified atom stereocenters. The molecule has 6 heteroatoms. The molecule has 2 aromatic rings. The van der Waals surface area contributed by atoms with Gasteiger partial charge in [0, 0.05) is 12.8 Å². The van der Waals surface area contributed by atoms with Crippen molar-refractivity contribution in [1.82, 2.24) is 5.32 Å². The van der Waals surface area contributed by atoms with E-state index in [1.165, 1.54) is 0 Å². The lowest BCUT2D eigenvalue weighted by molar-refractivity contribution is -0.122. The molecule has 6 nitrogen and oxygen atoms in total. The Morgan fingerprint density at radius 2 is 1.73 bits per heavy atom. The van der Waals surface area contributed by atoms with Crippen molar-refractivity contribution >= 4 is 5.91 Å². The maximum atomic E-state index is 12.5. The third kappa shape index (κ3) is 6.05. The number of benzene rings is 2. The zero-order valence-corrected chi connectivity index (χ0v) is 18.0. The Bertz CT molecular complexity index is 819. The van der Waals surface area contributed by atoms with Crippen LogP contribution in [0.2, 0.25) is 0 Å². The zero-order valence-electron chi connectivity index (χ0n) is 18.0. The predicted octanol–water partition coefficient (Wildman–Crippen LogP) is 4.53. The lowest BCUT2D eigenvalue weighted by Crippen LogP contribution is -2.31. The first-order valence-corrected chi connectivity index (χ1v) is 10.5. The minimum absolute atomic E-state index is 0.0131. The topological polar surface area (TPSA) is 66.0 Å².